The first-order valence-corrected chi connectivity index (χ1v) is 10.4. The van der Waals surface area contributed by atoms with Crippen LogP contribution in [0, 0.1) is 0 Å². The van der Waals surface area contributed by atoms with Crippen LogP contribution in [0.2, 0.25) is 5.02 Å². The Morgan fingerprint density at radius 1 is 1.04 bits per heavy atom. The lowest BCUT2D eigenvalue weighted by molar-refractivity contribution is -0.116. The fourth-order valence-corrected chi connectivity index (χ4v) is 4.71. The van der Waals surface area contributed by atoms with Gasteiger partial charge in [-0.2, -0.15) is 4.31 Å². The molecule has 3 rings (SSSR count). The van der Waals surface area contributed by atoms with Crippen LogP contribution in [0.25, 0.3) is 0 Å². The van der Waals surface area contributed by atoms with Crippen LogP contribution in [0.4, 0.5) is 5.69 Å². The van der Waals surface area contributed by atoms with Crippen molar-refractivity contribution in [2.75, 3.05) is 18.4 Å². The molecule has 2 aromatic rings. The lowest BCUT2D eigenvalue weighted by atomic mass is 10.1. The predicted octanol–water partition coefficient (Wildman–Crippen LogP) is 3.70. The summed E-state index contributed by atoms with van der Waals surface area (Å²) in [4.78, 5) is 12.4. The standard InChI is InChI=1S/C19H21ClN2O3S/c20-18-6-2-1-5-15(18)7-12-19(23)21-16-8-10-17(11-9-16)26(24,25)22-13-3-4-14-22/h1-2,5-6,8-11H,3-4,7,12-14H2,(H,21,23). The van der Waals surface area contributed by atoms with Crippen molar-refractivity contribution in [3.8, 4) is 0 Å². The normalized spacial score (nSPS) is 15.1. The number of aryl methyl sites for hydroxylation is 1. The highest BCUT2D eigenvalue weighted by atomic mass is 35.5. The third kappa shape index (κ3) is 4.44. The maximum Gasteiger partial charge on any atom is 0.243 e. The Morgan fingerprint density at radius 2 is 1.69 bits per heavy atom. The van der Waals surface area contributed by atoms with Gasteiger partial charge in [0.25, 0.3) is 0 Å². The molecule has 1 fully saturated rings. The molecule has 1 aliphatic heterocycles. The highest BCUT2D eigenvalue weighted by molar-refractivity contribution is 7.89. The van der Waals surface area contributed by atoms with E-state index in [1.165, 1.54) is 16.4 Å². The monoisotopic (exact) mass is 392 g/mol. The van der Waals surface area contributed by atoms with Crippen LogP contribution < -0.4 is 5.32 Å². The fraction of sp³-hybridized carbons (Fsp3) is 0.316. The fourth-order valence-electron chi connectivity index (χ4n) is 2.96. The molecule has 0 aliphatic carbocycles. The number of benzene rings is 2. The van der Waals surface area contributed by atoms with Gasteiger partial charge >= 0.3 is 0 Å². The molecule has 1 amide bonds. The molecule has 1 heterocycles. The molecular weight excluding hydrogens is 372 g/mol. The van der Waals surface area contributed by atoms with Gasteiger partial charge in [-0.15, -0.1) is 0 Å². The highest BCUT2D eigenvalue weighted by Gasteiger charge is 2.26. The summed E-state index contributed by atoms with van der Waals surface area (Å²) in [5.74, 6) is -0.139. The summed E-state index contributed by atoms with van der Waals surface area (Å²) in [6.45, 7) is 1.14. The van der Waals surface area contributed by atoms with E-state index >= 15 is 0 Å². The second-order valence-electron chi connectivity index (χ2n) is 6.28. The first-order chi connectivity index (χ1) is 12.5. The SMILES string of the molecule is O=C(CCc1ccccc1Cl)Nc1ccc(S(=O)(=O)N2CCCC2)cc1. The molecule has 7 heteroatoms. The van der Waals surface area contributed by atoms with E-state index in [1.807, 2.05) is 18.2 Å². The minimum atomic E-state index is -3.43. The van der Waals surface area contributed by atoms with Gasteiger partial charge in [0.1, 0.15) is 0 Å². The Balaban J connectivity index is 1.58. The van der Waals surface area contributed by atoms with Crippen molar-refractivity contribution < 1.29 is 13.2 Å². The van der Waals surface area contributed by atoms with E-state index in [2.05, 4.69) is 5.32 Å². The van der Waals surface area contributed by atoms with Crippen molar-refractivity contribution in [1.82, 2.24) is 4.31 Å². The number of amides is 1. The van der Waals surface area contributed by atoms with E-state index in [1.54, 1.807) is 18.2 Å². The van der Waals surface area contributed by atoms with Crippen molar-refractivity contribution in [2.45, 2.75) is 30.6 Å². The Hall–Kier alpha value is -1.89. The van der Waals surface area contributed by atoms with Crippen molar-refractivity contribution in [3.05, 3.63) is 59.1 Å². The number of carbonyl (C=O) groups excluding carboxylic acids is 1. The highest BCUT2D eigenvalue weighted by Crippen LogP contribution is 2.22. The Kier molecular flexibility index (Phi) is 5.96. The average Bonchev–Trinajstić information content (AvgIpc) is 3.17. The molecule has 1 N–H and O–H groups in total. The van der Waals surface area contributed by atoms with Gasteiger partial charge < -0.3 is 5.32 Å². The molecule has 0 spiro atoms. The van der Waals surface area contributed by atoms with Gasteiger partial charge in [-0.05, 0) is 55.2 Å². The van der Waals surface area contributed by atoms with E-state index < -0.39 is 10.0 Å². The number of hydrogen-bond donors (Lipinski definition) is 1. The second kappa shape index (κ2) is 8.20. The zero-order valence-electron chi connectivity index (χ0n) is 14.3. The molecular formula is C19H21ClN2O3S. The van der Waals surface area contributed by atoms with Crippen molar-refractivity contribution >= 4 is 33.2 Å². The Bertz CT molecular complexity index is 876. The van der Waals surface area contributed by atoms with Crippen LogP contribution in [0.5, 0.6) is 0 Å². The average molecular weight is 393 g/mol. The van der Waals surface area contributed by atoms with Gasteiger partial charge in [0.05, 0.1) is 4.90 Å². The van der Waals surface area contributed by atoms with E-state index in [9.17, 15) is 13.2 Å². The third-order valence-corrected chi connectivity index (χ3v) is 6.70. The molecule has 26 heavy (non-hydrogen) atoms. The minimum absolute atomic E-state index is 0.139. The van der Waals surface area contributed by atoms with Gasteiger partial charge in [0.2, 0.25) is 15.9 Å². The van der Waals surface area contributed by atoms with Crippen LogP contribution in [0.1, 0.15) is 24.8 Å². The van der Waals surface area contributed by atoms with Crippen molar-refractivity contribution in [2.24, 2.45) is 0 Å². The Labute approximate surface area is 159 Å². The number of carbonyl (C=O) groups is 1. The van der Waals surface area contributed by atoms with Gasteiger partial charge in [-0.1, -0.05) is 29.8 Å². The quantitative estimate of drug-likeness (QED) is 0.815. The molecule has 1 aliphatic rings. The topological polar surface area (TPSA) is 66.5 Å². The first-order valence-electron chi connectivity index (χ1n) is 8.60. The number of hydrogen-bond acceptors (Lipinski definition) is 3. The van der Waals surface area contributed by atoms with E-state index in [-0.39, 0.29) is 10.8 Å². The third-order valence-electron chi connectivity index (χ3n) is 4.42. The van der Waals surface area contributed by atoms with Gasteiger partial charge in [0, 0.05) is 30.2 Å². The van der Waals surface area contributed by atoms with Crippen molar-refractivity contribution in [1.29, 1.82) is 0 Å². The van der Waals surface area contributed by atoms with E-state index in [0.717, 1.165) is 18.4 Å². The molecule has 2 aromatic carbocycles. The van der Waals surface area contributed by atoms with Crippen LogP contribution in [-0.4, -0.2) is 31.7 Å². The lowest BCUT2D eigenvalue weighted by Gasteiger charge is -2.15. The molecule has 0 unspecified atom stereocenters. The number of anilines is 1. The largest absolute Gasteiger partial charge is 0.326 e. The molecule has 1 saturated heterocycles. The van der Waals surface area contributed by atoms with Gasteiger partial charge in [0.15, 0.2) is 0 Å². The molecule has 0 saturated carbocycles. The molecule has 138 valence electrons. The summed E-state index contributed by atoms with van der Waals surface area (Å²) in [5, 5.41) is 3.44. The smallest absolute Gasteiger partial charge is 0.243 e. The number of sulfonamides is 1. The van der Waals surface area contributed by atoms with Crippen molar-refractivity contribution in [3.63, 3.8) is 0 Å². The summed E-state index contributed by atoms with van der Waals surface area (Å²) in [5.41, 5.74) is 1.51. The Morgan fingerprint density at radius 3 is 2.35 bits per heavy atom. The zero-order valence-corrected chi connectivity index (χ0v) is 15.9. The zero-order chi connectivity index (χ0) is 18.6. The van der Waals surface area contributed by atoms with Crippen LogP contribution >= 0.6 is 11.6 Å². The minimum Gasteiger partial charge on any atom is -0.326 e. The van der Waals surface area contributed by atoms with E-state index in [0.29, 0.717) is 36.6 Å². The molecule has 0 atom stereocenters. The molecule has 0 radical (unpaired) electrons. The maximum atomic E-state index is 12.5. The summed E-state index contributed by atoms with van der Waals surface area (Å²) >= 11 is 6.09. The lowest BCUT2D eigenvalue weighted by Crippen LogP contribution is -2.27. The number of nitrogens with one attached hydrogen (secondary N) is 1. The number of nitrogens with zero attached hydrogens (tertiary/aromatic N) is 1. The predicted molar refractivity (Wildman–Crippen MR) is 103 cm³/mol. The number of rotatable bonds is 6. The summed E-state index contributed by atoms with van der Waals surface area (Å²) in [7, 11) is -3.43. The van der Waals surface area contributed by atoms with Crippen LogP contribution in [-0.2, 0) is 21.2 Å². The molecule has 0 aromatic heterocycles. The maximum absolute atomic E-state index is 12.5. The van der Waals surface area contributed by atoms with E-state index in [4.69, 9.17) is 11.6 Å². The van der Waals surface area contributed by atoms with Gasteiger partial charge in [-0.3, -0.25) is 4.79 Å². The first kappa shape index (κ1) is 18.9. The summed E-state index contributed by atoms with van der Waals surface area (Å²) in [6, 6.07) is 13.8. The number of halogens is 1. The summed E-state index contributed by atoms with van der Waals surface area (Å²) in [6.07, 6.45) is 2.65. The summed E-state index contributed by atoms with van der Waals surface area (Å²) < 4.78 is 26.5. The van der Waals surface area contributed by atoms with Crippen LogP contribution in [0.3, 0.4) is 0 Å². The van der Waals surface area contributed by atoms with Gasteiger partial charge in [-0.25, -0.2) is 8.42 Å². The molecule has 5 nitrogen and oxygen atoms in total. The second-order valence-corrected chi connectivity index (χ2v) is 8.62. The van der Waals surface area contributed by atoms with Crippen LogP contribution in [0.15, 0.2) is 53.4 Å². The molecule has 0 bridgehead atoms.